The molecule has 5 nitrogen and oxygen atoms in total. The third-order valence-corrected chi connectivity index (χ3v) is 3.98. The lowest BCUT2D eigenvalue weighted by molar-refractivity contribution is 0.0694. The van der Waals surface area contributed by atoms with Crippen LogP contribution in [-0.4, -0.2) is 26.8 Å². The average molecular weight is 317 g/mol. The Morgan fingerprint density at radius 1 is 1.50 bits per heavy atom. The molecule has 0 spiro atoms. The molecule has 1 saturated carbocycles. The van der Waals surface area contributed by atoms with Crippen molar-refractivity contribution in [2.45, 2.75) is 18.6 Å². The molecule has 0 aliphatic heterocycles. The van der Waals surface area contributed by atoms with Crippen LogP contribution in [0, 0.1) is 0 Å². The van der Waals surface area contributed by atoms with Gasteiger partial charge in [0.25, 0.3) is 0 Å². The summed E-state index contributed by atoms with van der Waals surface area (Å²) in [5.41, 5.74) is -0.950. The Kier molecular flexibility index (Phi) is 2.95. The molecule has 1 aliphatic carbocycles. The quantitative estimate of drug-likeness (QED) is 0.865. The summed E-state index contributed by atoms with van der Waals surface area (Å²) in [6.07, 6.45) is 1.42. The van der Waals surface area contributed by atoms with E-state index in [4.69, 9.17) is 28.3 Å². The lowest BCUT2D eigenvalue weighted by Gasteiger charge is -2.12. The SMILES string of the molecule is O=C(O)c1cn([C@@H]2C[C@@H]2F)c2c(Cl)c(Cl)ncc2c1=O. The fourth-order valence-corrected chi connectivity index (χ4v) is 2.52. The van der Waals surface area contributed by atoms with E-state index < -0.39 is 29.2 Å². The van der Waals surface area contributed by atoms with Gasteiger partial charge in [-0.2, -0.15) is 0 Å². The predicted octanol–water partition coefficient (Wildman–Crippen LogP) is 2.68. The number of fused-ring (bicyclic) bond motifs is 1. The van der Waals surface area contributed by atoms with Crippen molar-refractivity contribution in [3.05, 3.63) is 38.4 Å². The number of carbonyl (C=O) groups is 1. The largest absolute Gasteiger partial charge is 0.477 e. The summed E-state index contributed by atoms with van der Waals surface area (Å²) >= 11 is 11.8. The Morgan fingerprint density at radius 2 is 2.15 bits per heavy atom. The molecule has 0 amide bonds. The van der Waals surface area contributed by atoms with Gasteiger partial charge in [-0.25, -0.2) is 14.2 Å². The topological polar surface area (TPSA) is 72.2 Å². The minimum atomic E-state index is -1.38. The van der Waals surface area contributed by atoms with E-state index in [-0.39, 0.29) is 27.5 Å². The van der Waals surface area contributed by atoms with Gasteiger partial charge in [0.2, 0.25) is 5.43 Å². The molecule has 0 aromatic carbocycles. The minimum absolute atomic E-state index is 0.0114. The molecule has 1 N–H and O–H groups in total. The van der Waals surface area contributed by atoms with Gasteiger partial charge in [-0.1, -0.05) is 23.2 Å². The molecule has 3 rings (SSSR count). The van der Waals surface area contributed by atoms with E-state index in [0.29, 0.717) is 0 Å². The number of hydrogen-bond donors (Lipinski definition) is 1. The maximum Gasteiger partial charge on any atom is 0.341 e. The van der Waals surface area contributed by atoms with Crippen LogP contribution in [0.1, 0.15) is 22.8 Å². The smallest absolute Gasteiger partial charge is 0.341 e. The fraction of sp³-hybridized carbons (Fsp3) is 0.250. The highest BCUT2D eigenvalue weighted by Gasteiger charge is 2.40. The van der Waals surface area contributed by atoms with E-state index in [2.05, 4.69) is 4.98 Å². The maximum atomic E-state index is 13.3. The standard InChI is InChI=1S/C12H7Cl2FN2O3/c13-8-9-4(2-16-11(8)14)10(18)5(12(19)20)3-17(9)7-1-6(7)15/h2-3,6-7H,1H2,(H,19,20)/t6-,7+/m0/s1. The molecule has 2 atom stereocenters. The van der Waals surface area contributed by atoms with Crippen molar-refractivity contribution in [1.29, 1.82) is 0 Å². The van der Waals surface area contributed by atoms with Gasteiger partial charge in [-0.3, -0.25) is 4.79 Å². The summed E-state index contributed by atoms with van der Waals surface area (Å²) in [5.74, 6) is -1.38. The van der Waals surface area contributed by atoms with Gasteiger partial charge in [0.05, 0.1) is 16.9 Å². The Balaban J connectivity index is 2.45. The number of carboxylic acids is 1. The second-order valence-electron chi connectivity index (χ2n) is 4.53. The van der Waals surface area contributed by atoms with Crippen molar-refractivity contribution < 1.29 is 14.3 Å². The van der Waals surface area contributed by atoms with Crippen LogP contribution in [0.2, 0.25) is 10.2 Å². The van der Waals surface area contributed by atoms with Crippen LogP contribution in [0.3, 0.4) is 0 Å². The third-order valence-electron chi connectivity index (χ3n) is 3.24. The minimum Gasteiger partial charge on any atom is -0.477 e. The number of hydrogen-bond acceptors (Lipinski definition) is 3. The predicted molar refractivity (Wildman–Crippen MR) is 71.5 cm³/mol. The number of rotatable bonds is 2. The Bertz CT molecular complexity index is 805. The van der Waals surface area contributed by atoms with E-state index in [1.54, 1.807) is 0 Å². The number of carboxylic acid groups (broad SMARTS) is 1. The molecular formula is C12H7Cl2FN2O3. The highest BCUT2D eigenvalue weighted by molar-refractivity contribution is 6.44. The van der Waals surface area contributed by atoms with Gasteiger partial charge >= 0.3 is 5.97 Å². The number of alkyl halides is 1. The molecular weight excluding hydrogens is 310 g/mol. The lowest BCUT2D eigenvalue weighted by Crippen LogP contribution is -2.19. The van der Waals surface area contributed by atoms with Gasteiger partial charge < -0.3 is 9.67 Å². The van der Waals surface area contributed by atoms with Crippen LogP contribution >= 0.6 is 23.2 Å². The first kappa shape index (κ1) is 13.3. The zero-order valence-electron chi connectivity index (χ0n) is 9.81. The molecule has 0 bridgehead atoms. The molecule has 0 radical (unpaired) electrons. The summed E-state index contributed by atoms with van der Waals surface area (Å²) < 4.78 is 14.7. The number of aromatic carboxylic acids is 1. The maximum absolute atomic E-state index is 13.3. The Morgan fingerprint density at radius 3 is 2.70 bits per heavy atom. The molecule has 2 aromatic rings. The monoisotopic (exact) mass is 316 g/mol. The van der Waals surface area contributed by atoms with Crippen molar-refractivity contribution in [2.75, 3.05) is 0 Å². The van der Waals surface area contributed by atoms with Gasteiger partial charge in [0, 0.05) is 18.8 Å². The summed E-state index contributed by atoms with van der Waals surface area (Å²) in [5, 5.41) is 9.06. The van der Waals surface area contributed by atoms with E-state index in [1.165, 1.54) is 4.57 Å². The zero-order valence-corrected chi connectivity index (χ0v) is 11.3. The Labute approximate surface area is 121 Å². The van der Waals surface area contributed by atoms with Crippen molar-refractivity contribution in [3.8, 4) is 0 Å². The van der Waals surface area contributed by atoms with Crippen LogP contribution in [0.4, 0.5) is 4.39 Å². The van der Waals surface area contributed by atoms with Crippen LogP contribution in [-0.2, 0) is 0 Å². The molecule has 8 heteroatoms. The molecule has 1 aliphatic rings. The third kappa shape index (κ3) is 1.87. The second-order valence-corrected chi connectivity index (χ2v) is 5.26. The number of nitrogens with zero attached hydrogens (tertiary/aromatic N) is 2. The summed E-state index contributed by atoms with van der Waals surface area (Å²) in [6.45, 7) is 0. The highest BCUT2D eigenvalue weighted by atomic mass is 35.5. The van der Waals surface area contributed by atoms with Gasteiger partial charge in [0.15, 0.2) is 0 Å². The first-order chi connectivity index (χ1) is 9.41. The van der Waals surface area contributed by atoms with Crippen LogP contribution in [0.5, 0.6) is 0 Å². The number of aromatic nitrogens is 2. The first-order valence-electron chi connectivity index (χ1n) is 5.68. The van der Waals surface area contributed by atoms with Gasteiger partial charge in [-0.05, 0) is 0 Å². The summed E-state index contributed by atoms with van der Waals surface area (Å²) in [4.78, 5) is 26.9. The fourth-order valence-electron chi connectivity index (χ4n) is 2.13. The highest BCUT2D eigenvalue weighted by Crippen LogP contribution is 2.42. The van der Waals surface area contributed by atoms with Crippen LogP contribution < -0.4 is 5.43 Å². The first-order valence-corrected chi connectivity index (χ1v) is 6.43. The van der Waals surface area contributed by atoms with E-state index >= 15 is 0 Å². The van der Waals surface area contributed by atoms with Gasteiger partial charge in [0.1, 0.15) is 21.9 Å². The molecule has 104 valence electrons. The van der Waals surface area contributed by atoms with Crippen molar-refractivity contribution in [1.82, 2.24) is 9.55 Å². The molecule has 1 fully saturated rings. The number of pyridine rings is 2. The van der Waals surface area contributed by atoms with Crippen LogP contribution in [0.25, 0.3) is 10.9 Å². The van der Waals surface area contributed by atoms with E-state index in [9.17, 15) is 14.0 Å². The molecule has 0 unspecified atom stereocenters. The van der Waals surface area contributed by atoms with E-state index in [1.807, 2.05) is 0 Å². The molecule has 20 heavy (non-hydrogen) atoms. The zero-order chi connectivity index (χ0) is 14.6. The van der Waals surface area contributed by atoms with Crippen molar-refractivity contribution in [3.63, 3.8) is 0 Å². The second kappa shape index (κ2) is 4.43. The van der Waals surface area contributed by atoms with Crippen molar-refractivity contribution in [2.24, 2.45) is 0 Å². The van der Waals surface area contributed by atoms with Gasteiger partial charge in [-0.15, -0.1) is 0 Å². The normalized spacial score (nSPS) is 21.1. The number of halogens is 3. The Hall–Kier alpha value is -1.66. The molecule has 2 heterocycles. The molecule has 0 saturated heterocycles. The lowest BCUT2D eigenvalue weighted by atomic mass is 10.1. The molecule has 2 aromatic heterocycles. The average Bonchev–Trinajstić information content (AvgIpc) is 3.11. The van der Waals surface area contributed by atoms with Crippen molar-refractivity contribution >= 4 is 40.1 Å². The summed E-state index contributed by atoms with van der Waals surface area (Å²) in [6, 6.07) is -0.535. The van der Waals surface area contributed by atoms with E-state index in [0.717, 1.165) is 12.4 Å². The van der Waals surface area contributed by atoms with Crippen LogP contribution in [0.15, 0.2) is 17.2 Å². The summed E-state index contributed by atoms with van der Waals surface area (Å²) in [7, 11) is 0.